The summed E-state index contributed by atoms with van der Waals surface area (Å²) in [5.74, 6) is 1.80. The van der Waals surface area contributed by atoms with Gasteiger partial charge in [0.2, 0.25) is 12.7 Å². The highest BCUT2D eigenvalue weighted by Gasteiger charge is 2.13. The van der Waals surface area contributed by atoms with Gasteiger partial charge in [0.1, 0.15) is 12.4 Å². The molecular formula is C18H20N2O4. The van der Waals surface area contributed by atoms with Gasteiger partial charge in [0.05, 0.1) is 6.04 Å². The summed E-state index contributed by atoms with van der Waals surface area (Å²) in [5.41, 5.74) is 7.35. The van der Waals surface area contributed by atoms with Crippen molar-refractivity contribution in [3.8, 4) is 17.2 Å². The van der Waals surface area contributed by atoms with E-state index in [-0.39, 0.29) is 18.7 Å². The maximum Gasteiger partial charge on any atom is 0.234 e. The van der Waals surface area contributed by atoms with E-state index in [1.165, 1.54) is 0 Å². The van der Waals surface area contributed by atoms with Gasteiger partial charge in [-0.25, -0.2) is 0 Å². The number of carbonyl (C=O) groups is 1. The lowest BCUT2D eigenvalue weighted by Gasteiger charge is -2.11. The van der Waals surface area contributed by atoms with Crippen molar-refractivity contribution in [1.82, 2.24) is 5.32 Å². The quantitative estimate of drug-likeness (QED) is 0.812. The van der Waals surface area contributed by atoms with Crippen LogP contribution in [0.5, 0.6) is 17.2 Å². The first-order chi connectivity index (χ1) is 11.6. The Kier molecular flexibility index (Phi) is 4.86. The second kappa shape index (κ2) is 7.23. The third-order valence-corrected chi connectivity index (χ3v) is 3.78. The van der Waals surface area contributed by atoms with Gasteiger partial charge in [-0.1, -0.05) is 24.3 Å². The van der Waals surface area contributed by atoms with Gasteiger partial charge in [-0.05, 0) is 30.2 Å². The van der Waals surface area contributed by atoms with Crippen LogP contribution < -0.4 is 25.3 Å². The number of nitrogens with one attached hydrogen (secondary N) is 1. The molecule has 2 aromatic carbocycles. The third-order valence-electron chi connectivity index (χ3n) is 3.78. The normalized spacial score (nSPS) is 13.5. The minimum absolute atomic E-state index is 0.248. The van der Waals surface area contributed by atoms with Crippen molar-refractivity contribution in [1.29, 1.82) is 0 Å². The molecule has 0 fully saturated rings. The largest absolute Gasteiger partial charge is 0.489 e. The van der Waals surface area contributed by atoms with Crippen LogP contribution in [0, 0.1) is 0 Å². The van der Waals surface area contributed by atoms with Crippen LogP contribution in [0.2, 0.25) is 0 Å². The van der Waals surface area contributed by atoms with Crippen LogP contribution in [0.25, 0.3) is 0 Å². The first kappa shape index (κ1) is 16.1. The molecule has 1 aliphatic heterocycles. The zero-order chi connectivity index (χ0) is 16.9. The number of benzene rings is 2. The van der Waals surface area contributed by atoms with Crippen LogP contribution in [-0.4, -0.2) is 18.7 Å². The topological polar surface area (TPSA) is 82.8 Å². The van der Waals surface area contributed by atoms with Crippen molar-refractivity contribution in [3.05, 3.63) is 53.6 Å². The molecule has 0 spiro atoms. The molecule has 1 atom stereocenters. The van der Waals surface area contributed by atoms with Crippen LogP contribution in [0.3, 0.4) is 0 Å². The second-order valence-electron chi connectivity index (χ2n) is 5.63. The summed E-state index contributed by atoms with van der Waals surface area (Å²) in [6, 6.07) is 13.1. The highest BCUT2D eigenvalue weighted by atomic mass is 16.7. The van der Waals surface area contributed by atoms with Crippen LogP contribution in [0.4, 0.5) is 0 Å². The van der Waals surface area contributed by atoms with Crippen LogP contribution in [-0.2, 0) is 17.9 Å². The molecule has 6 nitrogen and oxygen atoms in total. The molecule has 0 aromatic heterocycles. The molecule has 0 bridgehead atoms. The summed E-state index contributed by atoms with van der Waals surface area (Å²) in [7, 11) is 0. The van der Waals surface area contributed by atoms with E-state index in [0.717, 1.165) is 22.6 Å². The average Bonchev–Trinajstić information content (AvgIpc) is 3.06. The van der Waals surface area contributed by atoms with Crippen molar-refractivity contribution in [2.45, 2.75) is 26.1 Å². The second-order valence-corrected chi connectivity index (χ2v) is 5.63. The lowest BCUT2D eigenvalue weighted by atomic mass is 10.1. The van der Waals surface area contributed by atoms with Gasteiger partial charge in [0.15, 0.2) is 11.5 Å². The maximum absolute atomic E-state index is 11.0. The van der Waals surface area contributed by atoms with Gasteiger partial charge in [-0.15, -0.1) is 0 Å². The molecule has 0 saturated carbocycles. The van der Waals surface area contributed by atoms with Crippen LogP contribution in [0.15, 0.2) is 42.5 Å². The molecule has 3 rings (SSSR count). The predicted octanol–water partition coefficient (Wildman–Crippen LogP) is 1.96. The minimum Gasteiger partial charge on any atom is -0.489 e. The molecule has 0 aliphatic carbocycles. The fourth-order valence-corrected chi connectivity index (χ4v) is 2.33. The molecule has 2 aromatic rings. The molecule has 126 valence electrons. The Labute approximate surface area is 140 Å². The summed E-state index contributed by atoms with van der Waals surface area (Å²) in [6.45, 7) is 3.01. The van der Waals surface area contributed by atoms with Crippen molar-refractivity contribution in [2.24, 2.45) is 5.73 Å². The highest BCUT2D eigenvalue weighted by molar-refractivity contribution is 5.79. The van der Waals surface area contributed by atoms with E-state index >= 15 is 0 Å². The first-order valence-corrected chi connectivity index (χ1v) is 7.75. The van der Waals surface area contributed by atoms with E-state index in [4.69, 9.17) is 19.9 Å². The van der Waals surface area contributed by atoms with Gasteiger partial charge >= 0.3 is 0 Å². The molecule has 24 heavy (non-hydrogen) atoms. The number of carbonyl (C=O) groups excluding carboxylic acids is 1. The highest BCUT2D eigenvalue weighted by Crippen LogP contribution is 2.35. The van der Waals surface area contributed by atoms with Gasteiger partial charge in [0, 0.05) is 12.6 Å². The summed E-state index contributed by atoms with van der Waals surface area (Å²) < 4.78 is 16.4. The van der Waals surface area contributed by atoms with E-state index in [2.05, 4.69) is 5.32 Å². The summed E-state index contributed by atoms with van der Waals surface area (Å²) in [6.07, 6.45) is 0. The van der Waals surface area contributed by atoms with Gasteiger partial charge in [-0.2, -0.15) is 0 Å². The maximum atomic E-state index is 11.0. The van der Waals surface area contributed by atoms with E-state index in [9.17, 15) is 4.79 Å². The van der Waals surface area contributed by atoms with Gasteiger partial charge in [-0.3, -0.25) is 4.79 Å². The zero-order valence-corrected chi connectivity index (χ0v) is 13.5. The van der Waals surface area contributed by atoms with Crippen LogP contribution >= 0.6 is 0 Å². The first-order valence-electron chi connectivity index (χ1n) is 7.75. The van der Waals surface area contributed by atoms with Crippen molar-refractivity contribution in [3.63, 3.8) is 0 Å². The molecular weight excluding hydrogens is 308 g/mol. The van der Waals surface area contributed by atoms with E-state index in [1.807, 2.05) is 42.5 Å². The fourth-order valence-electron chi connectivity index (χ4n) is 2.33. The Morgan fingerprint density at radius 1 is 1.21 bits per heavy atom. The zero-order valence-electron chi connectivity index (χ0n) is 13.5. The van der Waals surface area contributed by atoms with E-state index in [0.29, 0.717) is 18.9 Å². The summed E-state index contributed by atoms with van der Waals surface area (Å²) in [4.78, 5) is 11.0. The molecule has 1 heterocycles. The average molecular weight is 328 g/mol. The van der Waals surface area contributed by atoms with Crippen molar-refractivity contribution in [2.75, 3.05) is 6.79 Å². The SMILES string of the molecule is C[C@@H](NCc1cccc(COc2ccc3c(c2)OCO3)c1)C(N)=O. The van der Waals surface area contributed by atoms with Crippen molar-refractivity contribution < 1.29 is 19.0 Å². The van der Waals surface area contributed by atoms with Gasteiger partial charge < -0.3 is 25.3 Å². The molecule has 1 aliphatic rings. The predicted molar refractivity (Wildman–Crippen MR) is 88.8 cm³/mol. The molecule has 3 N–H and O–H groups in total. The van der Waals surface area contributed by atoms with Gasteiger partial charge in [0.25, 0.3) is 0 Å². The van der Waals surface area contributed by atoms with Crippen molar-refractivity contribution >= 4 is 5.91 Å². The number of primary amides is 1. The minimum atomic E-state index is -0.364. The van der Waals surface area contributed by atoms with E-state index < -0.39 is 0 Å². The Morgan fingerprint density at radius 3 is 2.83 bits per heavy atom. The number of amides is 1. The molecule has 1 amide bonds. The lowest BCUT2D eigenvalue weighted by Crippen LogP contribution is -2.38. The van der Waals surface area contributed by atoms with E-state index in [1.54, 1.807) is 6.92 Å². The molecule has 0 radical (unpaired) electrons. The number of ether oxygens (including phenoxy) is 3. The Hall–Kier alpha value is -2.73. The molecule has 0 unspecified atom stereocenters. The summed E-state index contributed by atoms with van der Waals surface area (Å²) in [5, 5.41) is 3.08. The fraction of sp³-hybridized carbons (Fsp3) is 0.278. The molecule has 0 saturated heterocycles. The number of fused-ring (bicyclic) bond motifs is 1. The number of nitrogens with two attached hydrogens (primary N) is 1. The number of hydrogen-bond donors (Lipinski definition) is 2. The summed E-state index contributed by atoms with van der Waals surface area (Å²) >= 11 is 0. The monoisotopic (exact) mass is 328 g/mol. The Balaban J connectivity index is 1.57. The smallest absolute Gasteiger partial charge is 0.234 e. The third kappa shape index (κ3) is 3.97. The Bertz CT molecular complexity index is 733. The molecule has 6 heteroatoms. The Morgan fingerprint density at radius 2 is 2.00 bits per heavy atom. The standard InChI is InChI=1S/C18H20N2O4/c1-12(18(19)21)20-9-13-3-2-4-14(7-13)10-22-15-5-6-16-17(8-15)24-11-23-16/h2-8,12,20H,9-11H2,1H3,(H2,19,21)/t12-/m1/s1. The van der Waals surface area contributed by atoms with Crippen LogP contribution in [0.1, 0.15) is 18.1 Å². The number of rotatable bonds is 7. The lowest BCUT2D eigenvalue weighted by molar-refractivity contribution is -0.119. The number of hydrogen-bond acceptors (Lipinski definition) is 5.